The quantitative estimate of drug-likeness (QED) is 0.776. The summed E-state index contributed by atoms with van der Waals surface area (Å²) in [5, 5.41) is 12.6. The molecule has 1 aliphatic rings. The first-order valence-corrected chi connectivity index (χ1v) is 8.81. The van der Waals surface area contributed by atoms with Crippen LogP contribution in [0.5, 0.6) is 0 Å². The zero-order valence-electron chi connectivity index (χ0n) is 12.5. The third-order valence-electron chi connectivity index (χ3n) is 3.27. The second-order valence-electron chi connectivity index (χ2n) is 4.80. The number of nitrogens with one attached hydrogen (secondary N) is 1. The van der Waals surface area contributed by atoms with Gasteiger partial charge in [-0.25, -0.2) is 0 Å². The number of nitrogens with zero attached hydrogens (tertiary/aromatic N) is 1. The Morgan fingerprint density at radius 2 is 2.17 bits per heavy atom. The van der Waals surface area contributed by atoms with Crippen molar-refractivity contribution >= 4 is 39.6 Å². The zero-order valence-corrected chi connectivity index (χ0v) is 14.9. The summed E-state index contributed by atoms with van der Waals surface area (Å²) < 4.78 is 5.80. The largest absolute Gasteiger partial charge is 0.465 e. The predicted octanol–water partition coefficient (Wildman–Crippen LogP) is 3.08. The van der Waals surface area contributed by atoms with Gasteiger partial charge in [0.15, 0.2) is 0 Å². The second-order valence-corrected chi connectivity index (χ2v) is 6.71. The number of halogens is 1. The van der Waals surface area contributed by atoms with Gasteiger partial charge >= 0.3 is 5.97 Å². The molecule has 1 heterocycles. The molecule has 0 saturated heterocycles. The average Bonchev–Trinajstić information content (AvgIpc) is 2.53. The average molecular weight is 395 g/mol. The van der Waals surface area contributed by atoms with E-state index in [-0.39, 0.29) is 30.0 Å². The van der Waals surface area contributed by atoms with Crippen molar-refractivity contribution in [1.82, 2.24) is 5.32 Å². The van der Waals surface area contributed by atoms with Gasteiger partial charge < -0.3 is 10.1 Å². The molecule has 1 amide bonds. The van der Waals surface area contributed by atoms with Crippen molar-refractivity contribution in [1.29, 1.82) is 5.26 Å². The molecular weight excluding hydrogens is 380 g/mol. The molecule has 5 nitrogen and oxygen atoms in total. The Bertz CT molecular complexity index is 680. The minimum Gasteiger partial charge on any atom is -0.465 e. The minimum absolute atomic E-state index is 0.0572. The van der Waals surface area contributed by atoms with Gasteiger partial charge in [-0.1, -0.05) is 39.8 Å². The molecule has 0 spiro atoms. The molecule has 0 radical (unpaired) electrons. The molecule has 0 aliphatic carbocycles. The van der Waals surface area contributed by atoms with E-state index < -0.39 is 0 Å². The minimum atomic E-state index is -0.373. The summed E-state index contributed by atoms with van der Waals surface area (Å²) in [5.41, 5.74) is 1.37. The first-order valence-electron chi connectivity index (χ1n) is 7.03. The van der Waals surface area contributed by atoms with E-state index in [1.165, 1.54) is 0 Å². The van der Waals surface area contributed by atoms with Crippen molar-refractivity contribution < 1.29 is 14.3 Å². The maximum Gasteiger partial charge on any atom is 0.316 e. The SMILES string of the molecule is CCOC(=O)CSC1=C(C#N)C(c2ccc(Br)cc2)CC(=O)N1. The lowest BCUT2D eigenvalue weighted by Crippen LogP contribution is -2.31. The van der Waals surface area contributed by atoms with Crippen LogP contribution in [0.25, 0.3) is 0 Å². The molecule has 1 N–H and O–H groups in total. The lowest BCUT2D eigenvalue weighted by Gasteiger charge is -2.25. The molecule has 1 aliphatic heterocycles. The van der Waals surface area contributed by atoms with Crippen LogP contribution in [0.15, 0.2) is 39.3 Å². The standard InChI is InChI=1S/C16H15BrN2O3S/c1-2-22-15(21)9-23-16-13(8-18)12(7-14(20)19-16)10-3-5-11(17)6-4-10/h3-6,12H,2,7,9H2,1H3,(H,19,20). The first-order chi connectivity index (χ1) is 11.0. The van der Waals surface area contributed by atoms with Crippen LogP contribution in [-0.2, 0) is 14.3 Å². The number of allylic oxidation sites excluding steroid dienone is 1. The summed E-state index contributed by atoms with van der Waals surface area (Å²) in [6.07, 6.45) is 0.216. The molecule has 120 valence electrons. The molecule has 0 saturated carbocycles. The molecule has 2 rings (SSSR count). The monoisotopic (exact) mass is 394 g/mol. The van der Waals surface area contributed by atoms with E-state index in [4.69, 9.17) is 4.74 Å². The van der Waals surface area contributed by atoms with Crippen molar-refractivity contribution in [2.24, 2.45) is 0 Å². The van der Waals surface area contributed by atoms with Gasteiger partial charge in [0.1, 0.15) is 0 Å². The highest BCUT2D eigenvalue weighted by atomic mass is 79.9. The Kier molecular flexibility index (Phi) is 6.25. The van der Waals surface area contributed by atoms with E-state index in [2.05, 4.69) is 27.3 Å². The first kappa shape index (κ1) is 17.6. The van der Waals surface area contributed by atoms with Crippen molar-refractivity contribution in [3.05, 3.63) is 44.9 Å². The molecule has 1 aromatic carbocycles. The molecule has 23 heavy (non-hydrogen) atoms. The number of esters is 1. The number of hydrogen-bond acceptors (Lipinski definition) is 5. The summed E-state index contributed by atoms with van der Waals surface area (Å²) in [5.74, 6) is -0.779. The van der Waals surface area contributed by atoms with Gasteiger partial charge in [0.25, 0.3) is 0 Å². The summed E-state index contributed by atoms with van der Waals surface area (Å²) in [6, 6.07) is 9.70. The van der Waals surface area contributed by atoms with E-state index >= 15 is 0 Å². The number of carbonyl (C=O) groups excluding carboxylic acids is 2. The molecule has 0 bridgehead atoms. The van der Waals surface area contributed by atoms with Crippen molar-refractivity contribution in [2.75, 3.05) is 12.4 Å². The summed E-state index contributed by atoms with van der Waals surface area (Å²) in [4.78, 5) is 23.4. The van der Waals surface area contributed by atoms with Gasteiger partial charge in [0.2, 0.25) is 5.91 Å². The number of ether oxygens (including phenoxy) is 1. The molecule has 1 unspecified atom stereocenters. The molecule has 7 heteroatoms. The molecule has 1 atom stereocenters. The Labute approximate surface area is 147 Å². The fraction of sp³-hybridized carbons (Fsp3) is 0.312. The topological polar surface area (TPSA) is 79.2 Å². The van der Waals surface area contributed by atoms with Crippen LogP contribution in [0.2, 0.25) is 0 Å². The number of benzene rings is 1. The summed E-state index contributed by atoms with van der Waals surface area (Å²) in [7, 11) is 0. The van der Waals surface area contributed by atoms with E-state index in [1.54, 1.807) is 6.92 Å². The van der Waals surface area contributed by atoms with Crippen LogP contribution in [0, 0.1) is 11.3 Å². The number of carbonyl (C=O) groups is 2. The van der Waals surface area contributed by atoms with Crippen LogP contribution in [0.3, 0.4) is 0 Å². The highest BCUT2D eigenvalue weighted by molar-refractivity contribution is 9.10. The van der Waals surface area contributed by atoms with Crippen LogP contribution in [0.4, 0.5) is 0 Å². The van der Waals surface area contributed by atoms with E-state index in [0.29, 0.717) is 17.2 Å². The van der Waals surface area contributed by atoms with Gasteiger partial charge in [-0.05, 0) is 24.6 Å². The predicted molar refractivity (Wildman–Crippen MR) is 91.4 cm³/mol. The lowest BCUT2D eigenvalue weighted by atomic mass is 9.87. The molecule has 0 aromatic heterocycles. The lowest BCUT2D eigenvalue weighted by molar-refractivity contribution is -0.139. The number of hydrogen-bond donors (Lipinski definition) is 1. The van der Waals surface area contributed by atoms with Gasteiger partial charge in [0, 0.05) is 16.8 Å². The second kappa shape index (κ2) is 8.18. The van der Waals surface area contributed by atoms with E-state index in [1.807, 2.05) is 24.3 Å². The van der Waals surface area contributed by atoms with E-state index in [0.717, 1.165) is 21.8 Å². The smallest absolute Gasteiger partial charge is 0.316 e. The maximum absolute atomic E-state index is 12.0. The maximum atomic E-state index is 12.0. The van der Waals surface area contributed by atoms with Crippen LogP contribution in [0.1, 0.15) is 24.8 Å². The third kappa shape index (κ3) is 4.60. The Morgan fingerprint density at radius 3 is 2.78 bits per heavy atom. The normalized spacial score (nSPS) is 17.4. The molecule has 0 fully saturated rings. The highest BCUT2D eigenvalue weighted by Gasteiger charge is 2.29. The number of amides is 1. The summed E-state index contributed by atoms with van der Waals surface area (Å²) >= 11 is 4.49. The molecular formula is C16H15BrN2O3S. The summed E-state index contributed by atoms with van der Waals surface area (Å²) in [6.45, 7) is 2.03. The van der Waals surface area contributed by atoms with Crippen LogP contribution >= 0.6 is 27.7 Å². The van der Waals surface area contributed by atoms with Gasteiger partial charge in [-0.2, -0.15) is 5.26 Å². The molecule has 1 aromatic rings. The van der Waals surface area contributed by atoms with Gasteiger partial charge in [0.05, 0.1) is 29.0 Å². The fourth-order valence-corrected chi connectivity index (χ4v) is 3.39. The number of rotatable bonds is 5. The van der Waals surface area contributed by atoms with Crippen molar-refractivity contribution in [3.63, 3.8) is 0 Å². The number of nitriles is 1. The van der Waals surface area contributed by atoms with Crippen LogP contribution < -0.4 is 5.32 Å². The van der Waals surface area contributed by atoms with Crippen molar-refractivity contribution in [2.45, 2.75) is 19.3 Å². The highest BCUT2D eigenvalue weighted by Crippen LogP contribution is 2.36. The van der Waals surface area contributed by atoms with E-state index in [9.17, 15) is 14.9 Å². The van der Waals surface area contributed by atoms with Gasteiger partial charge in [-0.3, -0.25) is 9.59 Å². The Balaban J connectivity index is 2.26. The Morgan fingerprint density at radius 1 is 1.48 bits per heavy atom. The fourth-order valence-electron chi connectivity index (χ4n) is 2.25. The van der Waals surface area contributed by atoms with Crippen molar-refractivity contribution in [3.8, 4) is 6.07 Å². The van der Waals surface area contributed by atoms with Crippen LogP contribution in [-0.4, -0.2) is 24.2 Å². The van der Waals surface area contributed by atoms with Gasteiger partial charge in [-0.15, -0.1) is 0 Å². The number of thioether (sulfide) groups is 1. The third-order valence-corrected chi connectivity index (χ3v) is 4.79. The zero-order chi connectivity index (χ0) is 16.8. The Hall–Kier alpha value is -1.78.